The average Bonchev–Trinajstić information content (AvgIpc) is 3.07. The van der Waals surface area contributed by atoms with E-state index in [9.17, 15) is 4.79 Å². The lowest BCUT2D eigenvalue weighted by atomic mass is 10.1. The molecule has 1 aliphatic heterocycles. The van der Waals surface area contributed by atoms with Crippen molar-refractivity contribution >= 4 is 17.2 Å². The molecule has 1 N–H and O–H groups in total. The van der Waals surface area contributed by atoms with Crippen molar-refractivity contribution in [1.82, 2.24) is 10.2 Å². The summed E-state index contributed by atoms with van der Waals surface area (Å²) >= 11 is 1.67. The lowest BCUT2D eigenvalue weighted by Crippen LogP contribution is -2.46. The molecule has 1 amide bonds. The van der Waals surface area contributed by atoms with Gasteiger partial charge in [-0.1, -0.05) is 12.1 Å². The number of rotatable bonds is 4. The predicted molar refractivity (Wildman–Crippen MR) is 83.9 cm³/mol. The van der Waals surface area contributed by atoms with E-state index in [1.807, 2.05) is 46.7 Å². The maximum absolute atomic E-state index is 12.4. The third-order valence-corrected chi connectivity index (χ3v) is 4.30. The van der Waals surface area contributed by atoms with Gasteiger partial charge in [0.05, 0.1) is 0 Å². The van der Waals surface area contributed by atoms with Crippen LogP contribution in [0.2, 0.25) is 0 Å². The number of ether oxygens (including phenoxy) is 1. The molecule has 2 aromatic rings. The van der Waals surface area contributed by atoms with E-state index in [1.54, 1.807) is 11.3 Å². The summed E-state index contributed by atoms with van der Waals surface area (Å²) in [6.45, 7) is 3.79. The zero-order valence-corrected chi connectivity index (χ0v) is 12.6. The maximum atomic E-state index is 12.4. The van der Waals surface area contributed by atoms with Gasteiger partial charge in [-0.15, -0.1) is 11.3 Å². The highest BCUT2D eigenvalue weighted by Crippen LogP contribution is 2.18. The van der Waals surface area contributed by atoms with Gasteiger partial charge in [-0.25, -0.2) is 0 Å². The first-order valence-electron chi connectivity index (χ1n) is 7.08. The molecule has 2 heterocycles. The molecule has 0 radical (unpaired) electrons. The standard InChI is InChI=1S/C16H18N2O2S/c19-16(18-8-6-17-7-9-18)13-3-1-4-14(11-13)20-12-15-5-2-10-21-15/h1-5,10-11,17H,6-9,12H2. The van der Waals surface area contributed by atoms with Crippen LogP contribution in [0.15, 0.2) is 41.8 Å². The fourth-order valence-corrected chi connectivity index (χ4v) is 2.93. The largest absolute Gasteiger partial charge is 0.488 e. The fraction of sp³-hybridized carbons (Fsp3) is 0.312. The van der Waals surface area contributed by atoms with Crippen molar-refractivity contribution in [3.05, 3.63) is 52.2 Å². The highest BCUT2D eigenvalue weighted by molar-refractivity contribution is 7.09. The molecule has 21 heavy (non-hydrogen) atoms. The number of hydrogen-bond donors (Lipinski definition) is 1. The molecule has 1 saturated heterocycles. The second kappa shape index (κ2) is 6.74. The number of piperazine rings is 1. The van der Waals surface area contributed by atoms with E-state index in [2.05, 4.69) is 5.32 Å². The van der Waals surface area contributed by atoms with Crippen LogP contribution in [-0.4, -0.2) is 37.0 Å². The zero-order chi connectivity index (χ0) is 14.5. The molecule has 0 spiro atoms. The maximum Gasteiger partial charge on any atom is 0.254 e. The van der Waals surface area contributed by atoms with E-state index in [4.69, 9.17) is 4.74 Å². The Morgan fingerprint density at radius 3 is 2.86 bits per heavy atom. The number of hydrogen-bond acceptors (Lipinski definition) is 4. The Morgan fingerprint density at radius 1 is 1.24 bits per heavy atom. The molecule has 1 aromatic heterocycles. The Kier molecular flexibility index (Phi) is 4.52. The molecule has 4 nitrogen and oxygen atoms in total. The SMILES string of the molecule is O=C(c1cccc(OCc2cccs2)c1)N1CCNCC1. The van der Waals surface area contributed by atoms with Gasteiger partial charge in [-0.3, -0.25) is 4.79 Å². The number of benzene rings is 1. The lowest BCUT2D eigenvalue weighted by molar-refractivity contribution is 0.0735. The molecule has 0 aliphatic carbocycles. The van der Waals surface area contributed by atoms with Crippen molar-refractivity contribution < 1.29 is 9.53 Å². The summed E-state index contributed by atoms with van der Waals surface area (Å²) in [7, 11) is 0. The minimum atomic E-state index is 0.0815. The Bertz CT molecular complexity index is 592. The number of nitrogens with one attached hydrogen (secondary N) is 1. The predicted octanol–water partition coefficient (Wildman–Crippen LogP) is 2.37. The Morgan fingerprint density at radius 2 is 2.10 bits per heavy atom. The van der Waals surface area contributed by atoms with Crippen LogP contribution >= 0.6 is 11.3 Å². The van der Waals surface area contributed by atoms with Gasteiger partial charge in [0.2, 0.25) is 0 Å². The molecule has 1 aromatic carbocycles. The quantitative estimate of drug-likeness (QED) is 0.943. The van der Waals surface area contributed by atoms with Crippen LogP contribution in [0.25, 0.3) is 0 Å². The molecule has 0 atom stereocenters. The summed E-state index contributed by atoms with van der Waals surface area (Å²) in [6.07, 6.45) is 0. The molecule has 0 saturated carbocycles. The van der Waals surface area contributed by atoms with E-state index in [-0.39, 0.29) is 5.91 Å². The van der Waals surface area contributed by atoms with Crippen LogP contribution in [0.5, 0.6) is 5.75 Å². The molecule has 5 heteroatoms. The van der Waals surface area contributed by atoms with Crippen LogP contribution < -0.4 is 10.1 Å². The first kappa shape index (κ1) is 14.1. The van der Waals surface area contributed by atoms with Gasteiger partial charge in [0.15, 0.2) is 0 Å². The smallest absolute Gasteiger partial charge is 0.254 e. The van der Waals surface area contributed by atoms with Crippen molar-refractivity contribution in [1.29, 1.82) is 0 Å². The second-order valence-electron chi connectivity index (χ2n) is 4.94. The second-order valence-corrected chi connectivity index (χ2v) is 5.97. The van der Waals surface area contributed by atoms with Gasteiger partial charge in [0.1, 0.15) is 12.4 Å². The van der Waals surface area contributed by atoms with Crippen LogP contribution in [0, 0.1) is 0 Å². The summed E-state index contributed by atoms with van der Waals surface area (Å²) in [5.74, 6) is 0.822. The first-order chi connectivity index (χ1) is 10.3. The third-order valence-electron chi connectivity index (χ3n) is 3.45. The minimum absolute atomic E-state index is 0.0815. The summed E-state index contributed by atoms with van der Waals surface area (Å²) in [4.78, 5) is 15.5. The molecule has 1 aliphatic rings. The first-order valence-corrected chi connectivity index (χ1v) is 7.96. The molecular weight excluding hydrogens is 284 g/mol. The van der Waals surface area contributed by atoms with Gasteiger partial charge in [0.25, 0.3) is 5.91 Å². The topological polar surface area (TPSA) is 41.6 Å². The van der Waals surface area contributed by atoms with Crippen LogP contribution in [0.3, 0.4) is 0 Å². The number of nitrogens with zero attached hydrogens (tertiary/aromatic N) is 1. The summed E-state index contributed by atoms with van der Waals surface area (Å²) in [5, 5.41) is 5.28. The summed E-state index contributed by atoms with van der Waals surface area (Å²) in [6, 6.07) is 11.5. The normalized spacial score (nSPS) is 15.0. The monoisotopic (exact) mass is 302 g/mol. The van der Waals surface area contributed by atoms with Crippen molar-refractivity contribution in [3.8, 4) is 5.75 Å². The number of carbonyl (C=O) groups excluding carboxylic acids is 1. The zero-order valence-electron chi connectivity index (χ0n) is 11.7. The van der Waals surface area contributed by atoms with Gasteiger partial charge in [-0.2, -0.15) is 0 Å². The van der Waals surface area contributed by atoms with Crippen molar-refractivity contribution in [3.63, 3.8) is 0 Å². The van der Waals surface area contributed by atoms with E-state index in [1.165, 1.54) is 4.88 Å². The van der Waals surface area contributed by atoms with Crippen LogP contribution in [0.4, 0.5) is 0 Å². The fourth-order valence-electron chi connectivity index (χ4n) is 2.32. The Balaban J connectivity index is 1.66. The average molecular weight is 302 g/mol. The Labute approximate surface area is 128 Å². The van der Waals surface area contributed by atoms with Gasteiger partial charge >= 0.3 is 0 Å². The van der Waals surface area contributed by atoms with E-state index in [0.29, 0.717) is 12.2 Å². The van der Waals surface area contributed by atoms with E-state index >= 15 is 0 Å². The Hall–Kier alpha value is -1.85. The highest BCUT2D eigenvalue weighted by Gasteiger charge is 2.18. The van der Waals surface area contributed by atoms with Crippen molar-refractivity contribution in [2.45, 2.75) is 6.61 Å². The molecule has 0 unspecified atom stereocenters. The lowest BCUT2D eigenvalue weighted by Gasteiger charge is -2.27. The van der Waals surface area contributed by atoms with Gasteiger partial charge < -0.3 is 15.0 Å². The van der Waals surface area contributed by atoms with E-state index in [0.717, 1.165) is 31.9 Å². The number of amides is 1. The molecular formula is C16H18N2O2S. The molecule has 0 bridgehead atoms. The van der Waals surface area contributed by atoms with Gasteiger partial charge in [0, 0.05) is 36.6 Å². The minimum Gasteiger partial charge on any atom is -0.488 e. The molecule has 1 fully saturated rings. The van der Waals surface area contributed by atoms with Crippen molar-refractivity contribution in [2.75, 3.05) is 26.2 Å². The molecule has 3 rings (SSSR count). The summed E-state index contributed by atoms with van der Waals surface area (Å²) < 4.78 is 5.76. The summed E-state index contributed by atoms with van der Waals surface area (Å²) in [5.41, 5.74) is 0.695. The van der Waals surface area contributed by atoms with Crippen LogP contribution in [0.1, 0.15) is 15.2 Å². The van der Waals surface area contributed by atoms with Gasteiger partial charge in [-0.05, 0) is 29.6 Å². The van der Waals surface area contributed by atoms with Crippen LogP contribution in [-0.2, 0) is 6.61 Å². The number of carbonyl (C=O) groups is 1. The molecule has 110 valence electrons. The number of thiophene rings is 1. The van der Waals surface area contributed by atoms with E-state index < -0.39 is 0 Å². The van der Waals surface area contributed by atoms with Crippen molar-refractivity contribution in [2.24, 2.45) is 0 Å². The third kappa shape index (κ3) is 3.62. The highest BCUT2D eigenvalue weighted by atomic mass is 32.1.